The van der Waals surface area contributed by atoms with E-state index in [1.54, 1.807) is 24.9 Å². The fraction of sp³-hybridized carbons (Fsp3) is 0.400. The Hall–Kier alpha value is -1.46. The predicted molar refractivity (Wildman–Crippen MR) is 82.1 cm³/mol. The van der Waals surface area contributed by atoms with E-state index in [0.29, 0.717) is 0 Å². The molecule has 0 heterocycles. The van der Waals surface area contributed by atoms with Gasteiger partial charge in [-0.1, -0.05) is 13.0 Å². The minimum atomic E-state index is -0.965. The summed E-state index contributed by atoms with van der Waals surface area (Å²) >= 11 is 1.71. The lowest BCUT2D eigenvalue weighted by molar-refractivity contribution is -0.131. The van der Waals surface area contributed by atoms with Crippen molar-refractivity contribution in [3.63, 3.8) is 0 Å². The van der Waals surface area contributed by atoms with Crippen LogP contribution in [0.25, 0.3) is 6.08 Å². The molecular weight excluding hydrogens is 276 g/mol. The normalized spacial score (nSPS) is 12.6. The van der Waals surface area contributed by atoms with Crippen LogP contribution in [0.4, 0.5) is 0 Å². The number of aliphatic carboxylic acids is 1. The molecule has 1 unspecified atom stereocenters. The number of methoxy groups -OCH3 is 1. The highest BCUT2D eigenvalue weighted by Crippen LogP contribution is 2.24. The Balaban J connectivity index is 2.80. The molecule has 0 fully saturated rings. The van der Waals surface area contributed by atoms with Crippen molar-refractivity contribution in [3.05, 3.63) is 35.4 Å². The summed E-state index contributed by atoms with van der Waals surface area (Å²) in [6.07, 6.45) is 2.72. The first-order valence-corrected chi connectivity index (χ1v) is 7.48. The molecule has 1 rings (SSSR count). The molecule has 0 aliphatic rings. The fourth-order valence-electron chi connectivity index (χ4n) is 1.58. The number of carbonyl (C=O) groups is 1. The minimum absolute atomic E-state index is 0.177. The Labute approximate surface area is 123 Å². The van der Waals surface area contributed by atoms with E-state index in [9.17, 15) is 4.79 Å². The van der Waals surface area contributed by atoms with E-state index in [2.05, 4.69) is 0 Å². The Kier molecular flexibility index (Phi) is 7.18. The zero-order valence-corrected chi connectivity index (χ0v) is 12.5. The maximum atomic E-state index is 10.6. The average Bonchev–Trinajstić information content (AvgIpc) is 2.45. The fourth-order valence-corrected chi connectivity index (χ4v) is 2.68. The summed E-state index contributed by atoms with van der Waals surface area (Å²) in [4.78, 5) is 10.6. The number of carboxylic acids is 1. The zero-order valence-electron chi connectivity index (χ0n) is 11.7. The summed E-state index contributed by atoms with van der Waals surface area (Å²) in [7, 11) is 1.60. The quantitative estimate of drug-likeness (QED) is 0.722. The maximum Gasteiger partial charge on any atom is 0.328 e. The summed E-state index contributed by atoms with van der Waals surface area (Å²) in [5, 5.41) is 17.7. The van der Waals surface area contributed by atoms with Gasteiger partial charge in [-0.05, 0) is 41.0 Å². The lowest BCUT2D eigenvalue weighted by atomic mass is 10.1. The minimum Gasteiger partial charge on any atom is -0.497 e. The van der Waals surface area contributed by atoms with E-state index in [4.69, 9.17) is 14.9 Å². The molecule has 110 valence electrons. The predicted octanol–water partition coefficient (Wildman–Crippen LogP) is 2.65. The Morgan fingerprint density at radius 2 is 2.25 bits per heavy atom. The molecule has 0 radical (unpaired) electrons. The molecule has 5 heteroatoms. The van der Waals surface area contributed by atoms with Gasteiger partial charge in [0, 0.05) is 18.4 Å². The molecule has 0 aliphatic heterocycles. The summed E-state index contributed by atoms with van der Waals surface area (Å²) in [5.74, 6) is 1.65. The third-order valence-corrected chi connectivity index (χ3v) is 4.05. The van der Waals surface area contributed by atoms with Gasteiger partial charge < -0.3 is 14.9 Å². The standard InChI is InChI=1S/C15H20O4S/c1-11(8-16)9-20-10-13-7-14(19-2)5-3-12(13)4-6-15(17)18/h3-7,11,16H,8-10H2,1-2H3,(H,17,18). The molecule has 1 atom stereocenters. The van der Waals surface area contributed by atoms with Crippen LogP contribution in [-0.4, -0.2) is 35.7 Å². The highest BCUT2D eigenvalue weighted by molar-refractivity contribution is 7.98. The summed E-state index contributed by atoms with van der Waals surface area (Å²) in [6, 6.07) is 5.58. The van der Waals surface area contributed by atoms with E-state index < -0.39 is 5.97 Å². The topological polar surface area (TPSA) is 66.8 Å². The first-order chi connectivity index (χ1) is 9.56. The lowest BCUT2D eigenvalue weighted by Gasteiger charge is -2.10. The van der Waals surface area contributed by atoms with Crippen molar-refractivity contribution in [2.45, 2.75) is 12.7 Å². The van der Waals surface area contributed by atoms with Gasteiger partial charge in [0.25, 0.3) is 0 Å². The van der Waals surface area contributed by atoms with Gasteiger partial charge in [-0.2, -0.15) is 11.8 Å². The van der Waals surface area contributed by atoms with Crippen LogP contribution >= 0.6 is 11.8 Å². The van der Waals surface area contributed by atoms with Crippen LogP contribution in [-0.2, 0) is 10.5 Å². The second-order valence-corrected chi connectivity index (χ2v) is 5.57. The van der Waals surface area contributed by atoms with Crippen LogP contribution < -0.4 is 4.74 Å². The smallest absolute Gasteiger partial charge is 0.328 e. The number of ether oxygens (including phenoxy) is 1. The second kappa shape index (κ2) is 8.66. The third kappa shape index (κ3) is 5.67. The van der Waals surface area contributed by atoms with Crippen LogP contribution in [0.1, 0.15) is 18.1 Å². The van der Waals surface area contributed by atoms with Crippen molar-refractivity contribution in [2.75, 3.05) is 19.5 Å². The van der Waals surface area contributed by atoms with E-state index in [0.717, 1.165) is 34.5 Å². The van der Waals surface area contributed by atoms with E-state index in [1.807, 2.05) is 25.1 Å². The first-order valence-electron chi connectivity index (χ1n) is 6.33. The van der Waals surface area contributed by atoms with Crippen LogP contribution in [0.5, 0.6) is 5.75 Å². The van der Waals surface area contributed by atoms with Crippen molar-refractivity contribution >= 4 is 23.8 Å². The van der Waals surface area contributed by atoms with Gasteiger partial charge in [0.15, 0.2) is 0 Å². The van der Waals surface area contributed by atoms with Crippen molar-refractivity contribution in [1.82, 2.24) is 0 Å². The van der Waals surface area contributed by atoms with Gasteiger partial charge in [0.05, 0.1) is 7.11 Å². The Morgan fingerprint density at radius 3 is 2.85 bits per heavy atom. The molecule has 0 saturated heterocycles. The van der Waals surface area contributed by atoms with Crippen LogP contribution in [0.2, 0.25) is 0 Å². The van der Waals surface area contributed by atoms with Crippen molar-refractivity contribution in [3.8, 4) is 5.75 Å². The van der Waals surface area contributed by atoms with E-state index in [-0.39, 0.29) is 12.5 Å². The number of carboxylic acid groups (broad SMARTS) is 1. The number of aliphatic hydroxyl groups excluding tert-OH is 1. The van der Waals surface area contributed by atoms with Gasteiger partial charge >= 0.3 is 5.97 Å². The van der Waals surface area contributed by atoms with Crippen LogP contribution in [0, 0.1) is 5.92 Å². The Morgan fingerprint density at radius 1 is 1.50 bits per heavy atom. The molecular formula is C15H20O4S. The highest BCUT2D eigenvalue weighted by Gasteiger charge is 2.05. The molecule has 0 bridgehead atoms. The number of hydrogen-bond donors (Lipinski definition) is 2. The second-order valence-electron chi connectivity index (χ2n) is 4.54. The zero-order chi connectivity index (χ0) is 15.0. The third-order valence-electron chi connectivity index (χ3n) is 2.73. The van der Waals surface area contributed by atoms with Crippen LogP contribution in [0.15, 0.2) is 24.3 Å². The first kappa shape index (κ1) is 16.6. The average molecular weight is 296 g/mol. The molecule has 0 spiro atoms. The number of aliphatic hydroxyl groups is 1. The number of rotatable bonds is 8. The van der Waals surface area contributed by atoms with Gasteiger partial charge in [0.2, 0.25) is 0 Å². The van der Waals surface area contributed by atoms with Gasteiger partial charge in [0.1, 0.15) is 5.75 Å². The largest absolute Gasteiger partial charge is 0.497 e. The lowest BCUT2D eigenvalue weighted by Crippen LogP contribution is -2.03. The number of thioether (sulfide) groups is 1. The number of hydrogen-bond acceptors (Lipinski definition) is 4. The number of benzene rings is 1. The summed E-state index contributed by atoms with van der Waals surface area (Å²) in [5.41, 5.74) is 1.90. The van der Waals surface area contributed by atoms with Gasteiger partial charge in [-0.25, -0.2) is 4.79 Å². The van der Waals surface area contributed by atoms with Crippen molar-refractivity contribution in [1.29, 1.82) is 0 Å². The molecule has 1 aromatic rings. The van der Waals surface area contributed by atoms with Crippen molar-refractivity contribution < 1.29 is 19.7 Å². The molecule has 0 amide bonds. The summed E-state index contributed by atoms with van der Waals surface area (Å²) < 4.78 is 5.19. The van der Waals surface area contributed by atoms with E-state index >= 15 is 0 Å². The molecule has 0 aliphatic carbocycles. The van der Waals surface area contributed by atoms with Crippen LogP contribution in [0.3, 0.4) is 0 Å². The van der Waals surface area contributed by atoms with Crippen molar-refractivity contribution in [2.24, 2.45) is 5.92 Å². The molecule has 0 saturated carbocycles. The van der Waals surface area contributed by atoms with Gasteiger partial charge in [-0.15, -0.1) is 0 Å². The monoisotopic (exact) mass is 296 g/mol. The molecule has 2 N–H and O–H groups in total. The van der Waals surface area contributed by atoms with Gasteiger partial charge in [-0.3, -0.25) is 0 Å². The Bertz CT molecular complexity index is 471. The maximum absolute atomic E-state index is 10.6. The molecule has 4 nitrogen and oxygen atoms in total. The SMILES string of the molecule is COc1ccc(C=CC(=O)O)c(CSCC(C)CO)c1. The molecule has 1 aromatic carbocycles. The highest BCUT2D eigenvalue weighted by atomic mass is 32.2. The molecule has 20 heavy (non-hydrogen) atoms. The van der Waals surface area contributed by atoms with E-state index in [1.165, 1.54) is 0 Å². The summed E-state index contributed by atoms with van der Waals surface area (Å²) in [6.45, 7) is 2.17. The molecule has 0 aromatic heterocycles.